The van der Waals surface area contributed by atoms with Crippen molar-refractivity contribution in [1.82, 2.24) is 4.90 Å². The average Bonchev–Trinajstić information content (AvgIpc) is 2.74. The minimum absolute atomic E-state index is 0.239. The first-order chi connectivity index (χ1) is 7.92. The van der Waals surface area contributed by atoms with E-state index in [0.29, 0.717) is 5.76 Å². The lowest BCUT2D eigenvalue weighted by atomic mass is 10.1. The van der Waals surface area contributed by atoms with Crippen LogP contribution in [-0.2, 0) is 0 Å². The van der Waals surface area contributed by atoms with Gasteiger partial charge in [-0.3, -0.25) is 0 Å². The van der Waals surface area contributed by atoms with Gasteiger partial charge in [-0.1, -0.05) is 24.0 Å². The van der Waals surface area contributed by atoms with Crippen LogP contribution in [-0.4, -0.2) is 38.1 Å². The Morgan fingerprint density at radius 1 is 1.65 bits per heavy atom. The molecule has 1 aromatic heterocycles. The Kier molecular flexibility index (Phi) is 3.18. The summed E-state index contributed by atoms with van der Waals surface area (Å²) in [6.45, 7) is 4.03. The standard InChI is InChI=1S/C11H14N2O2S2/c1-11(2)9(12(3)10(16)17-11)13(14)7-8-5-4-6-15-8/h4-7,9H,1-3H3. The summed E-state index contributed by atoms with van der Waals surface area (Å²) < 4.78 is 6.55. The van der Waals surface area contributed by atoms with Gasteiger partial charge in [0.1, 0.15) is 9.07 Å². The SMILES string of the molecule is CN1C(=S)SC(C)(C)C1[N+]([O-])=Cc1ccco1. The molecule has 1 aliphatic rings. The van der Waals surface area contributed by atoms with Crippen molar-refractivity contribution in [3.05, 3.63) is 29.4 Å². The number of furan rings is 1. The average molecular weight is 270 g/mol. The number of hydroxylamine groups is 1. The van der Waals surface area contributed by atoms with Crippen LogP contribution in [0.2, 0.25) is 0 Å². The van der Waals surface area contributed by atoms with Crippen molar-refractivity contribution in [2.24, 2.45) is 0 Å². The second-order valence-electron chi connectivity index (χ2n) is 4.46. The van der Waals surface area contributed by atoms with E-state index >= 15 is 0 Å². The van der Waals surface area contributed by atoms with Crippen molar-refractivity contribution in [1.29, 1.82) is 0 Å². The van der Waals surface area contributed by atoms with Gasteiger partial charge >= 0.3 is 0 Å². The predicted molar refractivity (Wildman–Crippen MR) is 73.3 cm³/mol. The molecule has 0 spiro atoms. The molecule has 1 aliphatic heterocycles. The van der Waals surface area contributed by atoms with Crippen LogP contribution in [0.3, 0.4) is 0 Å². The van der Waals surface area contributed by atoms with Crippen LogP contribution in [0.5, 0.6) is 0 Å². The van der Waals surface area contributed by atoms with E-state index in [1.54, 1.807) is 30.2 Å². The van der Waals surface area contributed by atoms with Gasteiger partial charge in [0.15, 0.2) is 5.76 Å². The third-order valence-corrected chi connectivity index (χ3v) is 4.40. The van der Waals surface area contributed by atoms with Gasteiger partial charge in [0.05, 0.1) is 6.26 Å². The second-order valence-corrected chi connectivity index (χ2v) is 6.75. The minimum atomic E-state index is -0.315. The van der Waals surface area contributed by atoms with Crippen LogP contribution >= 0.6 is 24.0 Å². The van der Waals surface area contributed by atoms with E-state index in [4.69, 9.17) is 16.6 Å². The van der Waals surface area contributed by atoms with Gasteiger partial charge in [0.25, 0.3) is 6.17 Å². The zero-order valence-corrected chi connectivity index (χ0v) is 11.5. The van der Waals surface area contributed by atoms with Crippen molar-refractivity contribution in [3.63, 3.8) is 0 Å². The Morgan fingerprint density at radius 3 is 2.82 bits per heavy atom. The van der Waals surface area contributed by atoms with E-state index in [9.17, 15) is 5.21 Å². The molecule has 1 fully saturated rings. The number of rotatable bonds is 2. The smallest absolute Gasteiger partial charge is 0.254 e. The molecule has 92 valence electrons. The number of thiocarbonyl (C=S) groups is 1. The van der Waals surface area contributed by atoms with E-state index in [1.165, 1.54) is 6.21 Å². The van der Waals surface area contributed by atoms with Crippen molar-refractivity contribution in [3.8, 4) is 0 Å². The number of hydrogen-bond donors (Lipinski definition) is 0. The quantitative estimate of drug-likeness (QED) is 0.271. The summed E-state index contributed by atoms with van der Waals surface area (Å²) in [7, 11) is 1.84. The van der Waals surface area contributed by atoms with Crippen molar-refractivity contribution in [2.75, 3.05) is 7.05 Å². The Labute approximate surface area is 110 Å². The van der Waals surface area contributed by atoms with Gasteiger partial charge in [-0.2, -0.15) is 4.74 Å². The first kappa shape index (κ1) is 12.4. The number of thioether (sulfide) groups is 1. The van der Waals surface area contributed by atoms with Crippen molar-refractivity contribution >= 4 is 34.5 Å². The van der Waals surface area contributed by atoms with Crippen molar-refractivity contribution in [2.45, 2.75) is 24.8 Å². The third-order valence-electron chi connectivity index (χ3n) is 2.67. The Balaban J connectivity index is 2.30. The summed E-state index contributed by atoms with van der Waals surface area (Å²) in [4.78, 5) is 1.83. The van der Waals surface area contributed by atoms with Gasteiger partial charge in [-0.15, -0.1) is 0 Å². The molecule has 1 saturated heterocycles. The van der Waals surface area contributed by atoms with Crippen LogP contribution in [0.15, 0.2) is 22.8 Å². The van der Waals surface area contributed by atoms with Crippen LogP contribution in [0, 0.1) is 5.21 Å². The summed E-state index contributed by atoms with van der Waals surface area (Å²) in [6, 6.07) is 3.50. The van der Waals surface area contributed by atoms with Gasteiger partial charge in [-0.25, -0.2) is 0 Å². The number of nitrogens with zero attached hydrogens (tertiary/aromatic N) is 2. The molecule has 0 radical (unpaired) electrons. The maximum Gasteiger partial charge on any atom is 0.254 e. The van der Waals surface area contributed by atoms with Crippen LogP contribution in [0.4, 0.5) is 0 Å². The van der Waals surface area contributed by atoms with Crippen LogP contribution < -0.4 is 0 Å². The monoisotopic (exact) mass is 270 g/mol. The van der Waals surface area contributed by atoms with Gasteiger partial charge in [0, 0.05) is 7.05 Å². The van der Waals surface area contributed by atoms with Crippen LogP contribution in [0.1, 0.15) is 19.6 Å². The highest BCUT2D eigenvalue weighted by atomic mass is 32.2. The van der Waals surface area contributed by atoms with Crippen LogP contribution in [0.25, 0.3) is 0 Å². The van der Waals surface area contributed by atoms with E-state index in [1.807, 2.05) is 25.8 Å². The lowest BCUT2D eigenvalue weighted by molar-refractivity contribution is -0.522. The highest BCUT2D eigenvalue weighted by molar-refractivity contribution is 8.24. The van der Waals surface area contributed by atoms with Gasteiger partial charge in [-0.05, 0) is 26.0 Å². The fraction of sp³-hybridized carbons (Fsp3) is 0.455. The molecule has 0 saturated carbocycles. The normalized spacial score (nSPS) is 24.4. The summed E-state index contributed by atoms with van der Waals surface area (Å²) in [6.07, 6.45) is 2.69. The summed E-state index contributed by atoms with van der Waals surface area (Å²) >= 11 is 6.77. The van der Waals surface area contributed by atoms with Gasteiger partial charge < -0.3 is 14.5 Å². The molecule has 4 nitrogen and oxygen atoms in total. The lowest BCUT2D eigenvalue weighted by Crippen LogP contribution is -2.46. The highest BCUT2D eigenvalue weighted by Gasteiger charge is 2.48. The molecule has 6 heteroatoms. The number of hydrogen-bond acceptors (Lipinski definition) is 4. The first-order valence-electron chi connectivity index (χ1n) is 5.21. The molecule has 2 heterocycles. The minimum Gasteiger partial charge on any atom is -0.622 e. The fourth-order valence-electron chi connectivity index (χ4n) is 1.95. The molecule has 1 unspecified atom stereocenters. The zero-order valence-electron chi connectivity index (χ0n) is 9.91. The second kappa shape index (κ2) is 4.34. The molecule has 0 N–H and O–H groups in total. The Morgan fingerprint density at radius 2 is 2.35 bits per heavy atom. The van der Waals surface area contributed by atoms with E-state index in [2.05, 4.69) is 0 Å². The van der Waals surface area contributed by atoms with Crippen molar-refractivity contribution < 1.29 is 9.16 Å². The first-order valence-corrected chi connectivity index (χ1v) is 6.44. The maximum absolute atomic E-state index is 12.2. The fourth-order valence-corrected chi connectivity index (χ4v) is 3.76. The highest BCUT2D eigenvalue weighted by Crippen LogP contribution is 2.40. The maximum atomic E-state index is 12.2. The molecular formula is C11H14N2O2S2. The molecule has 0 amide bonds. The molecule has 0 bridgehead atoms. The molecule has 0 aliphatic carbocycles. The topological polar surface area (TPSA) is 42.5 Å². The molecular weight excluding hydrogens is 256 g/mol. The summed E-state index contributed by atoms with van der Waals surface area (Å²) in [5.74, 6) is 0.548. The molecule has 1 aromatic rings. The Bertz CT molecular complexity index is 454. The summed E-state index contributed by atoms with van der Waals surface area (Å²) in [5, 5.41) is 12.2. The molecule has 2 rings (SSSR count). The molecule has 17 heavy (non-hydrogen) atoms. The lowest BCUT2D eigenvalue weighted by Gasteiger charge is -2.26. The zero-order chi connectivity index (χ0) is 12.6. The van der Waals surface area contributed by atoms with E-state index < -0.39 is 0 Å². The Hall–Kier alpha value is -1.01. The molecule has 0 aromatic carbocycles. The third kappa shape index (κ3) is 2.32. The van der Waals surface area contributed by atoms with Gasteiger partial charge in [0.2, 0.25) is 6.21 Å². The molecule has 1 atom stereocenters. The van der Waals surface area contributed by atoms with E-state index in [-0.39, 0.29) is 10.9 Å². The summed E-state index contributed by atoms with van der Waals surface area (Å²) in [5.41, 5.74) is 0. The largest absolute Gasteiger partial charge is 0.622 e. The predicted octanol–water partition coefficient (Wildman–Crippen LogP) is 2.28. The van der Waals surface area contributed by atoms with E-state index in [0.717, 1.165) is 9.06 Å².